The fourth-order valence-electron chi connectivity index (χ4n) is 7.55. The molecule has 1 fully saturated rings. The van der Waals surface area contributed by atoms with Crippen LogP contribution >= 0.6 is 0 Å². The summed E-state index contributed by atoms with van der Waals surface area (Å²) in [5, 5.41) is 13.4. The highest BCUT2D eigenvalue weighted by Gasteiger charge is 2.45. The van der Waals surface area contributed by atoms with Crippen LogP contribution in [0.1, 0.15) is 85.5 Å². The van der Waals surface area contributed by atoms with Crippen LogP contribution in [-0.2, 0) is 20.6 Å². The molecule has 0 bridgehead atoms. The van der Waals surface area contributed by atoms with E-state index in [0.29, 0.717) is 24.9 Å². The van der Waals surface area contributed by atoms with Gasteiger partial charge in [-0.15, -0.1) is 0 Å². The van der Waals surface area contributed by atoms with Gasteiger partial charge >= 0.3 is 6.18 Å². The first-order chi connectivity index (χ1) is 30.2. The minimum absolute atomic E-state index is 0.00529. The molecule has 18 heteroatoms. The molecule has 4 aromatic carbocycles. The van der Waals surface area contributed by atoms with Gasteiger partial charge in [-0.2, -0.15) is 13.2 Å². The molecule has 0 aliphatic carbocycles. The standard InChI is InChI=1S/C45H39F4N7O7/c1-50-40(59)31-23-53-35-21-32(45(47,48)49)29(20-30(35)39(31)54-25-9-4-2-5-10-25)24-14-15-27(33(46)19-24)41(60)51-18-7-3-6-11-26(57)22-52-34-13-8-12-28-38(34)44(63)56(43(28)62)36-16-17-37(58)55-42(36)61/h2,4-5,8-10,12-15,19-21,23,36,52H,3,6-7,11,16-18,22H2,1H3,(H,50,59)(H,51,60)(H,53,54)(H,55,58,61). The van der Waals surface area contributed by atoms with E-state index in [2.05, 4.69) is 31.6 Å². The molecular formula is C45H39F4N7O7. The number of aromatic nitrogens is 1. The summed E-state index contributed by atoms with van der Waals surface area (Å²) in [7, 11) is 1.40. The number of alkyl halides is 3. The van der Waals surface area contributed by atoms with Crippen LogP contribution in [-0.4, -0.2) is 77.3 Å². The number of unbranched alkanes of at least 4 members (excludes halogenated alkanes) is 2. The third-order valence-corrected chi connectivity index (χ3v) is 10.7. The summed E-state index contributed by atoms with van der Waals surface area (Å²) in [6.45, 7) is -0.0467. The van der Waals surface area contributed by atoms with Crippen LogP contribution in [0.2, 0.25) is 0 Å². The number of hydrogen-bond donors (Lipinski definition) is 5. The van der Waals surface area contributed by atoms with Gasteiger partial charge in [0.05, 0.1) is 45.6 Å². The summed E-state index contributed by atoms with van der Waals surface area (Å²) in [6.07, 6.45) is -2.22. The molecule has 324 valence electrons. The van der Waals surface area contributed by atoms with Crippen molar-refractivity contribution in [1.82, 2.24) is 25.8 Å². The molecule has 7 rings (SSSR count). The normalized spacial score (nSPS) is 14.9. The van der Waals surface area contributed by atoms with Gasteiger partial charge < -0.3 is 21.3 Å². The van der Waals surface area contributed by atoms with Crippen LogP contribution in [0.5, 0.6) is 0 Å². The van der Waals surface area contributed by atoms with Gasteiger partial charge in [-0.05, 0) is 78.9 Å². The molecule has 1 saturated heterocycles. The van der Waals surface area contributed by atoms with E-state index in [1.807, 2.05) is 0 Å². The summed E-state index contributed by atoms with van der Waals surface area (Å²) in [5.41, 5.74) is -0.974. The lowest BCUT2D eigenvalue weighted by Gasteiger charge is -2.27. The molecular weight excluding hydrogens is 827 g/mol. The van der Waals surface area contributed by atoms with E-state index >= 15 is 4.39 Å². The highest BCUT2D eigenvalue weighted by Crippen LogP contribution is 2.42. The Bertz CT molecular complexity index is 2690. The number of hydrogen-bond acceptors (Lipinski definition) is 10. The third-order valence-electron chi connectivity index (χ3n) is 10.7. The molecule has 0 spiro atoms. The van der Waals surface area contributed by atoms with Crippen LogP contribution in [0.4, 0.5) is 34.6 Å². The zero-order valence-electron chi connectivity index (χ0n) is 33.6. The second-order valence-corrected chi connectivity index (χ2v) is 14.9. The van der Waals surface area contributed by atoms with Crippen LogP contribution < -0.4 is 26.6 Å². The fourth-order valence-corrected chi connectivity index (χ4v) is 7.55. The zero-order chi connectivity index (χ0) is 45.0. The van der Waals surface area contributed by atoms with Gasteiger partial charge in [0.2, 0.25) is 11.8 Å². The minimum atomic E-state index is -4.88. The molecule has 6 amide bonds. The van der Waals surface area contributed by atoms with Crippen LogP contribution in [0.15, 0.2) is 85.1 Å². The molecule has 2 aliphatic rings. The number of ketones is 1. The number of imide groups is 2. The minimum Gasteiger partial charge on any atom is -0.377 e. The van der Waals surface area contributed by atoms with Gasteiger partial charge in [0.15, 0.2) is 5.78 Å². The van der Waals surface area contributed by atoms with Crippen molar-refractivity contribution in [1.29, 1.82) is 0 Å². The summed E-state index contributed by atoms with van der Waals surface area (Å²) in [6, 6.07) is 17.2. The van der Waals surface area contributed by atoms with Crippen molar-refractivity contribution >= 4 is 69.2 Å². The number of fused-ring (bicyclic) bond motifs is 2. The van der Waals surface area contributed by atoms with E-state index in [9.17, 15) is 46.7 Å². The Kier molecular flexibility index (Phi) is 12.6. The molecule has 14 nitrogen and oxygen atoms in total. The number of halogens is 4. The van der Waals surface area contributed by atoms with E-state index < -0.39 is 70.2 Å². The van der Waals surface area contributed by atoms with Crippen molar-refractivity contribution < 1.29 is 51.1 Å². The van der Waals surface area contributed by atoms with Gasteiger partial charge in [0.25, 0.3) is 23.6 Å². The SMILES string of the molecule is CNC(=O)c1cnc2cc(C(F)(F)F)c(-c3ccc(C(=O)NCCCCCC(=O)CNc4cccc5c4C(=O)N(C4CCC(=O)NC4=O)C5=O)c(F)c3)cc2c1Nc1ccccc1. The van der Waals surface area contributed by atoms with E-state index in [4.69, 9.17) is 0 Å². The Balaban J connectivity index is 0.949. The average molecular weight is 866 g/mol. The van der Waals surface area contributed by atoms with Gasteiger partial charge in [-0.1, -0.05) is 36.8 Å². The molecule has 5 N–H and O–H groups in total. The number of nitrogens with one attached hydrogen (secondary N) is 5. The first-order valence-electron chi connectivity index (χ1n) is 19.9. The van der Waals surface area contributed by atoms with E-state index in [0.717, 1.165) is 23.1 Å². The van der Waals surface area contributed by atoms with Crippen molar-refractivity contribution in [3.05, 3.63) is 119 Å². The lowest BCUT2D eigenvalue weighted by Crippen LogP contribution is -2.54. The highest BCUT2D eigenvalue weighted by atomic mass is 19.4. The monoisotopic (exact) mass is 865 g/mol. The van der Waals surface area contributed by atoms with Crippen molar-refractivity contribution in [2.75, 3.05) is 30.8 Å². The second-order valence-electron chi connectivity index (χ2n) is 14.9. The Hall–Kier alpha value is -7.50. The first-order valence-corrected chi connectivity index (χ1v) is 19.9. The average Bonchev–Trinajstić information content (AvgIpc) is 3.52. The molecule has 2 aliphatic heterocycles. The largest absolute Gasteiger partial charge is 0.417 e. The Morgan fingerprint density at radius 2 is 1.63 bits per heavy atom. The molecule has 1 unspecified atom stereocenters. The number of nitrogens with zero attached hydrogens (tertiary/aromatic N) is 2. The summed E-state index contributed by atoms with van der Waals surface area (Å²) >= 11 is 0. The Morgan fingerprint density at radius 3 is 2.35 bits per heavy atom. The van der Waals surface area contributed by atoms with Crippen molar-refractivity contribution in [2.24, 2.45) is 0 Å². The number of amides is 6. The van der Waals surface area contributed by atoms with Crippen LogP contribution in [0.25, 0.3) is 22.0 Å². The number of Topliss-reactive ketones (excluding diaryl/α,β-unsaturated/α-hetero) is 1. The topological polar surface area (TPSA) is 196 Å². The molecule has 63 heavy (non-hydrogen) atoms. The highest BCUT2D eigenvalue weighted by molar-refractivity contribution is 6.25. The van der Waals surface area contributed by atoms with Gasteiger partial charge in [-0.3, -0.25) is 48.8 Å². The second kappa shape index (κ2) is 18.2. The predicted octanol–water partition coefficient (Wildman–Crippen LogP) is 6.54. The number of anilines is 3. The molecule has 1 aromatic heterocycles. The van der Waals surface area contributed by atoms with Gasteiger partial charge in [0.1, 0.15) is 11.9 Å². The molecule has 0 radical (unpaired) electrons. The number of rotatable bonds is 15. The van der Waals surface area contributed by atoms with Crippen LogP contribution in [0, 0.1) is 5.82 Å². The smallest absolute Gasteiger partial charge is 0.377 e. The quantitative estimate of drug-likeness (QED) is 0.0438. The third kappa shape index (κ3) is 9.24. The number of carbonyl (C=O) groups is 7. The fraction of sp³-hybridized carbons (Fsp3) is 0.244. The van der Waals surface area contributed by atoms with Gasteiger partial charge in [0, 0.05) is 49.4 Å². The van der Waals surface area contributed by atoms with Crippen molar-refractivity contribution in [3.63, 3.8) is 0 Å². The predicted molar refractivity (Wildman–Crippen MR) is 223 cm³/mol. The van der Waals surface area contributed by atoms with E-state index in [1.165, 1.54) is 43.6 Å². The number of carbonyl (C=O) groups excluding carboxylic acids is 7. The summed E-state index contributed by atoms with van der Waals surface area (Å²) in [4.78, 5) is 93.8. The number of piperidine rings is 1. The van der Waals surface area contributed by atoms with Gasteiger partial charge in [-0.25, -0.2) is 4.39 Å². The lowest BCUT2D eigenvalue weighted by atomic mass is 9.94. The van der Waals surface area contributed by atoms with Crippen LogP contribution in [0.3, 0.4) is 0 Å². The number of pyridine rings is 1. The van der Waals surface area contributed by atoms with Crippen molar-refractivity contribution in [2.45, 2.75) is 50.7 Å². The Labute approximate surface area is 356 Å². The molecule has 0 saturated carbocycles. The number of benzene rings is 4. The summed E-state index contributed by atoms with van der Waals surface area (Å²) in [5.74, 6) is -5.20. The van der Waals surface area contributed by atoms with Crippen molar-refractivity contribution in [3.8, 4) is 11.1 Å². The molecule has 3 heterocycles. The van der Waals surface area contributed by atoms with E-state index in [1.54, 1.807) is 30.3 Å². The Morgan fingerprint density at radius 1 is 0.857 bits per heavy atom. The summed E-state index contributed by atoms with van der Waals surface area (Å²) < 4.78 is 59.0. The maximum Gasteiger partial charge on any atom is 0.417 e. The maximum atomic E-state index is 15.5. The maximum absolute atomic E-state index is 15.5. The molecule has 5 aromatic rings. The first kappa shape index (κ1) is 43.6. The van der Waals surface area contributed by atoms with E-state index in [-0.39, 0.29) is 82.7 Å². The zero-order valence-corrected chi connectivity index (χ0v) is 33.6. The number of para-hydroxylation sites is 1. The lowest BCUT2D eigenvalue weighted by molar-refractivity contribution is -0.137. The molecule has 1 atom stereocenters.